The Labute approximate surface area is 78.5 Å². The number of benzene rings is 1. The summed E-state index contributed by atoms with van der Waals surface area (Å²) in [6, 6.07) is 3.18. The number of aryl methyl sites for hydroxylation is 1. The van der Waals surface area contributed by atoms with Crippen molar-refractivity contribution in [2.45, 2.75) is 0 Å². The Balaban J connectivity index is 3.09. The molecule has 4 nitrogen and oxygen atoms in total. The van der Waals surface area contributed by atoms with Gasteiger partial charge < -0.3 is 10.3 Å². The summed E-state index contributed by atoms with van der Waals surface area (Å²) in [7, 11) is 1.51. The van der Waals surface area contributed by atoms with Crippen LogP contribution in [0.5, 0.6) is 0 Å². The topological polar surface area (TPSA) is 61.2 Å². The molecule has 0 fully saturated rings. The summed E-state index contributed by atoms with van der Waals surface area (Å²) in [6.07, 6.45) is 0. The van der Waals surface area contributed by atoms with Crippen LogP contribution in [0, 0.1) is 0 Å². The van der Waals surface area contributed by atoms with Gasteiger partial charge >= 0.3 is 0 Å². The average molecular weight is 199 g/mol. The predicted octanol–water partition coefficient (Wildman–Crippen LogP) is 1.37. The quantitative estimate of drug-likeness (QED) is 0.651. The van der Waals surface area contributed by atoms with Gasteiger partial charge in [-0.1, -0.05) is 11.6 Å². The van der Waals surface area contributed by atoms with Gasteiger partial charge in [-0.3, -0.25) is 4.79 Å². The molecule has 68 valence electrons. The molecule has 0 saturated heterocycles. The zero-order valence-corrected chi connectivity index (χ0v) is 7.63. The molecule has 2 N–H and O–H groups in total. The fraction of sp³-hybridized carbons (Fsp3) is 0.125. The Morgan fingerprint density at radius 2 is 2.23 bits per heavy atom. The highest BCUT2D eigenvalue weighted by Crippen LogP contribution is 2.25. The standard InChI is InChI=1S/C8H7ClN2O2/c1-11-8(12)6-4(9)2-3-5(10)7(6)13-11/h2-3H,10H2,1H3. The highest BCUT2D eigenvalue weighted by Gasteiger charge is 2.12. The first-order valence-electron chi connectivity index (χ1n) is 3.65. The second-order valence-electron chi connectivity index (χ2n) is 2.73. The van der Waals surface area contributed by atoms with E-state index in [1.54, 1.807) is 12.1 Å². The largest absolute Gasteiger partial charge is 0.396 e. The number of nitrogen functional groups attached to an aromatic ring is 1. The number of halogens is 1. The van der Waals surface area contributed by atoms with Crippen molar-refractivity contribution in [3.63, 3.8) is 0 Å². The van der Waals surface area contributed by atoms with Crippen molar-refractivity contribution >= 4 is 28.3 Å². The molecule has 0 unspecified atom stereocenters. The van der Waals surface area contributed by atoms with Gasteiger partial charge in [-0.05, 0) is 12.1 Å². The van der Waals surface area contributed by atoms with Crippen LogP contribution in [0.15, 0.2) is 21.5 Å². The van der Waals surface area contributed by atoms with E-state index in [0.29, 0.717) is 21.7 Å². The number of fused-ring (bicyclic) bond motifs is 1. The Hall–Kier alpha value is -1.42. The zero-order valence-electron chi connectivity index (χ0n) is 6.87. The van der Waals surface area contributed by atoms with Crippen molar-refractivity contribution in [2.24, 2.45) is 7.05 Å². The second kappa shape index (κ2) is 2.53. The third kappa shape index (κ3) is 1.02. The molecule has 0 radical (unpaired) electrons. The SMILES string of the molecule is Cn1oc2c(N)ccc(Cl)c2c1=O. The van der Waals surface area contributed by atoms with Gasteiger partial charge in [-0.15, -0.1) is 0 Å². The van der Waals surface area contributed by atoms with Gasteiger partial charge in [0.25, 0.3) is 5.56 Å². The number of nitrogens with zero attached hydrogens (tertiary/aromatic N) is 1. The van der Waals surface area contributed by atoms with Crippen molar-refractivity contribution in [3.8, 4) is 0 Å². The molecular weight excluding hydrogens is 192 g/mol. The van der Waals surface area contributed by atoms with Gasteiger partial charge in [0.15, 0.2) is 5.58 Å². The Kier molecular flexibility index (Phi) is 1.60. The molecule has 1 aromatic heterocycles. The van der Waals surface area contributed by atoms with Gasteiger partial charge in [0, 0.05) is 7.05 Å². The van der Waals surface area contributed by atoms with E-state index in [4.69, 9.17) is 21.9 Å². The molecule has 5 heteroatoms. The van der Waals surface area contributed by atoms with Crippen LogP contribution in [0.25, 0.3) is 11.0 Å². The van der Waals surface area contributed by atoms with Crippen molar-refractivity contribution in [3.05, 3.63) is 27.5 Å². The number of aromatic nitrogens is 1. The van der Waals surface area contributed by atoms with Crippen LogP contribution in [0.3, 0.4) is 0 Å². The minimum Gasteiger partial charge on any atom is -0.396 e. The molecule has 0 bridgehead atoms. The normalized spacial score (nSPS) is 10.9. The van der Waals surface area contributed by atoms with E-state index in [1.165, 1.54) is 7.05 Å². The molecule has 0 aliphatic heterocycles. The molecule has 0 amide bonds. The predicted molar refractivity (Wildman–Crippen MR) is 50.9 cm³/mol. The molecule has 13 heavy (non-hydrogen) atoms. The number of hydrogen-bond donors (Lipinski definition) is 1. The van der Waals surface area contributed by atoms with Crippen molar-refractivity contribution in [1.29, 1.82) is 0 Å². The van der Waals surface area contributed by atoms with E-state index in [0.717, 1.165) is 4.74 Å². The molecule has 0 saturated carbocycles. The lowest BCUT2D eigenvalue weighted by molar-refractivity contribution is 0.324. The van der Waals surface area contributed by atoms with Gasteiger partial charge in [0.1, 0.15) is 5.39 Å². The summed E-state index contributed by atoms with van der Waals surface area (Å²) in [6.45, 7) is 0. The first-order chi connectivity index (χ1) is 6.11. The summed E-state index contributed by atoms with van der Waals surface area (Å²) >= 11 is 5.82. The highest BCUT2D eigenvalue weighted by atomic mass is 35.5. The van der Waals surface area contributed by atoms with Crippen molar-refractivity contribution in [2.75, 3.05) is 5.73 Å². The molecule has 0 aliphatic carbocycles. The molecule has 2 aromatic rings. The van der Waals surface area contributed by atoms with Crippen LogP contribution in [-0.2, 0) is 7.05 Å². The van der Waals surface area contributed by atoms with E-state index >= 15 is 0 Å². The molecule has 2 rings (SSSR count). The van der Waals surface area contributed by atoms with Gasteiger partial charge in [0.05, 0.1) is 10.7 Å². The Morgan fingerprint density at radius 3 is 2.85 bits per heavy atom. The molecule has 1 heterocycles. The van der Waals surface area contributed by atoms with Crippen LogP contribution >= 0.6 is 11.6 Å². The van der Waals surface area contributed by atoms with E-state index in [2.05, 4.69) is 0 Å². The Bertz CT molecular complexity index is 527. The minimum absolute atomic E-state index is 0.271. The lowest BCUT2D eigenvalue weighted by Gasteiger charge is -1.93. The summed E-state index contributed by atoms with van der Waals surface area (Å²) in [4.78, 5) is 11.4. The van der Waals surface area contributed by atoms with Gasteiger partial charge in [0.2, 0.25) is 0 Å². The Morgan fingerprint density at radius 1 is 1.54 bits per heavy atom. The van der Waals surface area contributed by atoms with Crippen LogP contribution in [0.4, 0.5) is 5.69 Å². The minimum atomic E-state index is -0.271. The van der Waals surface area contributed by atoms with E-state index in [-0.39, 0.29) is 5.56 Å². The first kappa shape index (κ1) is 8.19. The molecular formula is C8H7ClN2O2. The third-order valence-electron chi connectivity index (χ3n) is 1.87. The molecule has 0 aliphatic rings. The van der Waals surface area contributed by atoms with Gasteiger partial charge in [-0.2, -0.15) is 4.74 Å². The maximum absolute atomic E-state index is 11.4. The fourth-order valence-corrected chi connectivity index (χ4v) is 1.44. The zero-order chi connectivity index (χ0) is 9.59. The maximum Gasteiger partial charge on any atom is 0.291 e. The van der Waals surface area contributed by atoms with E-state index in [1.807, 2.05) is 0 Å². The smallest absolute Gasteiger partial charge is 0.291 e. The van der Waals surface area contributed by atoms with Crippen LogP contribution in [0.1, 0.15) is 0 Å². The summed E-state index contributed by atoms with van der Waals surface area (Å²) < 4.78 is 6.21. The van der Waals surface area contributed by atoms with E-state index in [9.17, 15) is 4.79 Å². The summed E-state index contributed by atoms with van der Waals surface area (Å²) in [5, 5.41) is 0.697. The lowest BCUT2D eigenvalue weighted by atomic mass is 10.2. The molecule has 0 spiro atoms. The highest BCUT2D eigenvalue weighted by molar-refractivity contribution is 6.35. The summed E-state index contributed by atoms with van der Waals surface area (Å²) in [5.74, 6) is 0. The third-order valence-corrected chi connectivity index (χ3v) is 2.18. The number of hydrogen-bond acceptors (Lipinski definition) is 3. The molecule has 0 atom stereocenters. The van der Waals surface area contributed by atoms with Crippen LogP contribution in [-0.4, -0.2) is 4.74 Å². The molecule has 1 aromatic carbocycles. The van der Waals surface area contributed by atoms with Crippen molar-refractivity contribution < 1.29 is 4.52 Å². The van der Waals surface area contributed by atoms with E-state index < -0.39 is 0 Å². The van der Waals surface area contributed by atoms with Crippen LogP contribution < -0.4 is 11.3 Å². The maximum atomic E-state index is 11.4. The van der Waals surface area contributed by atoms with Crippen LogP contribution in [0.2, 0.25) is 5.02 Å². The van der Waals surface area contributed by atoms with Gasteiger partial charge in [-0.25, -0.2) is 0 Å². The van der Waals surface area contributed by atoms with Crippen molar-refractivity contribution in [1.82, 2.24) is 4.74 Å². The first-order valence-corrected chi connectivity index (χ1v) is 4.03. The fourth-order valence-electron chi connectivity index (χ4n) is 1.21. The number of rotatable bonds is 0. The number of nitrogens with two attached hydrogens (primary N) is 1. The lowest BCUT2D eigenvalue weighted by Crippen LogP contribution is -2.09. The monoisotopic (exact) mass is 198 g/mol. The summed E-state index contributed by atoms with van der Waals surface area (Å²) in [5.41, 5.74) is 6.09. The number of anilines is 1. The second-order valence-corrected chi connectivity index (χ2v) is 3.14. The average Bonchev–Trinajstić information content (AvgIpc) is 2.38.